The lowest BCUT2D eigenvalue weighted by Gasteiger charge is -2.23. The molecule has 0 aliphatic rings. The van der Waals surface area contributed by atoms with Gasteiger partial charge in [-0.3, -0.25) is 0 Å². The number of aryl methyl sites for hydroxylation is 1. The fraction of sp³-hybridized carbons (Fsp3) is 0.647. The van der Waals surface area contributed by atoms with E-state index in [-0.39, 0.29) is 12.1 Å². The van der Waals surface area contributed by atoms with Crippen molar-refractivity contribution in [2.75, 3.05) is 34.0 Å². The topological polar surface area (TPSA) is 39.7 Å². The Hall–Kier alpha value is -1.10. The van der Waals surface area contributed by atoms with Crippen LogP contribution in [-0.2, 0) is 9.47 Å². The van der Waals surface area contributed by atoms with E-state index in [0.29, 0.717) is 13.2 Å². The highest BCUT2D eigenvalue weighted by Gasteiger charge is 2.17. The zero-order valence-corrected chi connectivity index (χ0v) is 13.9. The monoisotopic (exact) mass is 295 g/mol. The van der Waals surface area contributed by atoms with E-state index >= 15 is 0 Å². The summed E-state index contributed by atoms with van der Waals surface area (Å²) in [6.45, 7) is 8.42. The van der Waals surface area contributed by atoms with E-state index in [0.717, 1.165) is 24.3 Å². The fourth-order valence-electron chi connectivity index (χ4n) is 2.25. The minimum absolute atomic E-state index is 0.0803. The lowest BCUT2D eigenvalue weighted by atomic mass is 10.0. The lowest BCUT2D eigenvalue weighted by Crippen LogP contribution is -2.29. The largest absolute Gasteiger partial charge is 0.496 e. The normalized spacial score (nSPS) is 14.0. The molecule has 0 heterocycles. The van der Waals surface area contributed by atoms with Crippen molar-refractivity contribution in [1.82, 2.24) is 5.32 Å². The summed E-state index contributed by atoms with van der Waals surface area (Å²) in [6.07, 6.45) is 1.16. The Balaban J connectivity index is 2.83. The summed E-state index contributed by atoms with van der Waals surface area (Å²) >= 11 is 0. The molecule has 0 saturated heterocycles. The van der Waals surface area contributed by atoms with Crippen molar-refractivity contribution in [1.29, 1.82) is 0 Å². The summed E-state index contributed by atoms with van der Waals surface area (Å²) in [5, 5.41) is 3.54. The Kier molecular flexibility index (Phi) is 8.35. The summed E-state index contributed by atoms with van der Waals surface area (Å²) in [5.74, 6) is 0.900. The van der Waals surface area contributed by atoms with Gasteiger partial charge in [0.05, 0.1) is 32.5 Å². The Bertz CT molecular complexity index is 409. The Morgan fingerprint density at radius 1 is 1.19 bits per heavy atom. The van der Waals surface area contributed by atoms with Gasteiger partial charge in [0, 0.05) is 12.7 Å². The van der Waals surface area contributed by atoms with E-state index in [4.69, 9.17) is 14.2 Å². The van der Waals surface area contributed by atoms with E-state index in [9.17, 15) is 0 Å². The summed E-state index contributed by atoms with van der Waals surface area (Å²) < 4.78 is 16.5. The zero-order chi connectivity index (χ0) is 15.7. The van der Waals surface area contributed by atoms with Gasteiger partial charge in [-0.25, -0.2) is 0 Å². The number of ether oxygens (including phenoxy) is 3. The first-order valence-electron chi connectivity index (χ1n) is 7.60. The maximum absolute atomic E-state index is 5.89. The van der Waals surface area contributed by atoms with Gasteiger partial charge in [-0.05, 0) is 32.9 Å². The second-order valence-corrected chi connectivity index (χ2v) is 5.35. The standard InChI is InChI=1S/C17H29NO3/c1-6-9-18-16(12-21-14(3)11-19-4)15-10-13(2)7-8-17(15)20-5/h7-8,10,14,16,18H,6,9,11-12H2,1-5H3. The Labute approximate surface area is 128 Å². The van der Waals surface area contributed by atoms with E-state index in [1.807, 2.05) is 13.0 Å². The molecule has 0 aliphatic heterocycles. The molecule has 0 saturated carbocycles. The smallest absolute Gasteiger partial charge is 0.123 e. The summed E-state index contributed by atoms with van der Waals surface area (Å²) in [5.41, 5.74) is 2.37. The first kappa shape index (κ1) is 18.0. The van der Waals surface area contributed by atoms with Gasteiger partial charge in [-0.15, -0.1) is 0 Å². The van der Waals surface area contributed by atoms with Crippen molar-refractivity contribution < 1.29 is 14.2 Å². The molecule has 0 spiro atoms. The van der Waals surface area contributed by atoms with Crippen LogP contribution < -0.4 is 10.1 Å². The molecule has 1 rings (SSSR count). The molecular formula is C17H29NO3. The number of methoxy groups -OCH3 is 2. The average Bonchev–Trinajstić information content (AvgIpc) is 2.47. The summed E-state index contributed by atoms with van der Waals surface area (Å²) in [7, 11) is 3.40. The van der Waals surface area contributed by atoms with Gasteiger partial charge in [0.15, 0.2) is 0 Å². The predicted molar refractivity (Wildman–Crippen MR) is 86.1 cm³/mol. The number of nitrogens with one attached hydrogen (secondary N) is 1. The molecule has 0 amide bonds. The van der Waals surface area contributed by atoms with Crippen LogP contribution in [0.15, 0.2) is 18.2 Å². The fourth-order valence-corrected chi connectivity index (χ4v) is 2.25. The van der Waals surface area contributed by atoms with Crippen LogP contribution >= 0.6 is 0 Å². The minimum atomic E-state index is 0.0803. The predicted octanol–water partition coefficient (Wildman–Crippen LogP) is 3.10. The van der Waals surface area contributed by atoms with E-state index in [1.54, 1.807) is 14.2 Å². The minimum Gasteiger partial charge on any atom is -0.496 e. The van der Waals surface area contributed by atoms with Crippen LogP contribution in [0.2, 0.25) is 0 Å². The molecule has 120 valence electrons. The molecule has 0 aliphatic carbocycles. The molecule has 1 aromatic carbocycles. The average molecular weight is 295 g/mol. The highest BCUT2D eigenvalue weighted by Crippen LogP contribution is 2.27. The van der Waals surface area contributed by atoms with Gasteiger partial charge < -0.3 is 19.5 Å². The number of benzene rings is 1. The van der Waals surface area contributed by atoms with Gasteiger partial charge in [0.2, 0.25) is 0 Å². The molecule has 4 heteroatoms. The van der Waals surface area contributed by atoms with Crippen molar-refractivity contribution in [2.45, 2.75) is 39.3 Å². The quantitative estimate of drug-likeness (QED) is 0.720. The second kappa shape index (κ2) is 9.77. The molecule has 0 aromatic heterocycles. The van der Waals surface area contributed by atoms with Gasteiger partial charge in [0.1, 0.15) is 5.75 Å². The third-order valence-corrected chi connectivity index (χ3v) is 3.35. The molecule has 0 bridgehead atoms. The number of rotatable bonds is 10. The molecule has 2 atom stereocenters. The van der Waals surface area contributed by atoms with Crippen molar-refractivity contribution in [3.05, 3.63) is 29.3 Å². The van der Waals surface area contributed by atoms with Gasteiger partial charge in [-0.1, -0.05) is 24.6 Å². The third kappa shape index (κ3) is 6.04. The maximum Gasteiger partial charge on any atom is 0.123 e. The highest BCUT2D eigenvalue weighted by molar-refractivity contribution is 5.39. The van der Waals surface area contributed by atoms with Crippen LogP contribution in [0.4, 0.5) is 0 Å². The van der Waals surface area contributed by atoms with Crippen LogP contribution in [-0.4, -0.2) is 40.1 Å². The molecule has 21 heavy (non-hydrogen) atoms. The molecule has 4 nitrogen and oxygen atoms in total. The molecule has 2 unspecified atom stereocenters. The van der Waals surface area contributed by atoms with E-state index in [2.05, 4.69) is 31.3 Å². The second-order valence-electron chi connectivity index (χ2n) is 5.35. The van der Waals surface area contributed by atoms with Crippen LogP contribution in [0.1, 0.15) is 37.4 Å². The molecule has 1 aromatic rings. The van der Waals surface area contributed by atoms with Crippen molar-refractivity contribution >= 4 is 0 Å². The van der Waals surface area contributed by atoms with Gasteiger partial charge in [0.25, 0.3) is 0 Å². The Morgan fingerprint density at radius 2 is 1.95 bits per heavy atom. The summed E-state index contributed by atoms with van der Waals surface area (Å²) in [6, 6.07) is 6.37. The van der Waals surface area contributed by atoms with Crippen LogP contribution in [0, 0.1) is 6.92 Å². The number of hydrogen-bond donors (Lipinski definition) is 1. The molecule has 1 N–H and O–H groups in total. The summed E-state index contributed by atoms with van der Waals surface area (Å²) in [4.78, 5) is 0. The third-order valence-electron chi connectivity index (χ3n) is 3.35. The maximum atomic E-state index is 5.89. The van der Waals surface area contributed by atoms with Crippen LogP contribution in [0.3, 0.4) is 0 Å². The van der Waals surface area contributed by atoms with Gasteiger partial charge >= 0.3 is 0 Å². The first-order valence-corrected chi connectivity index (χ1v) is 7.60. The lowest BCUT2D eigenvalue weighted by molar-refractivity contribution is -0.000745. The SMILES string of the molecule is CCCNC(COC(C)COC)c1cc(C)ccc1OC. The van der Waals surface area contributed by atoms with Crippen LogP contribution in [0.5, 0.6) is 5.75 Å². The molecule has 0 radical (unpaired) electrons. The highest BCUT2D eigenvalue weighted by atomic mass is 16.5. The van der Waals surface area contributed by atoms with Crippen molar-refractivity contribution in [3.63, 3.8) is 0 Å². The number of hydrogen-bond acceptors (Lipinski definition) is 4. The van der Waals surface area contributed by atoms with E-state index in [1.165, 1.54) is 5.56 Å². The van der Waals surface area contributed by atoms with Crippen molar-refractivity contribution in [3.8, 4) is 5.75 Å². The van der Waals surface area contributed by atoms with E-state index < -0.39 is 0 Å². The van der Waals surface area contributed by atoms with Crippen molar-refractivity contribution in [2.24, 2.45) is 0 Å². The first-order chi connectivity index (χ1) is 10.1. The van der Waals surface area contributed by atoms with Crippen LogP contribution in [0.25, 0.3) is 0 Å². The Morgan fingerprint density at radius 3 is 2.57 bits per heavy atom. The molecular weight excluding hydrogens is 266 g/mol. The zero-order valence-electron chi connectivity index (χ0n) is 13.9. The molecule has 0 fully saturated rings. The van der Waals surface area contributed by atoms with Gasteiger partial charge in [-0.2, -0.15) is 0 Å².